The van der Waals surface area contributed by atoms with Gasteiger partial charge < -0.3 is 14.5 Å². The average Bonchev–Trinajstić information content (AvgIpc) is 3.35. The van der Waals surface area contributed by atoms with Crippen LogP contribution >= 0.6 is 11.8 Å². The minimum Gasteiger partial charge on any atom is -0.455 e. The summed E-state index contributed by atoms with van der Waals surface area (Å²) < 4.78 is 5.23. The summed E-state index contributed by atoms with van der Waals surface area (Å²) in [7, 11) is 1.69. The van der Waals surface area contributed by atoms with Gasteiger partial charge in [0.05, 0.1) is 5.92 Å². The molecule has 0 radical (unpaired) electrons. The Labute approximate surface area is 170 Å². The zero-order chi connectivity index (χ0) is 20.1. The number of ether oxygens (including phenoxy) is 1. The van der Waals surface area contributed by atoms with Gasteiger partial charge in [-0.25, -0.2) is 0 Å². The van der Waals surface area contributed by atoms with Gasteiger partial charge in [0.25, 0.3) is 5.91 Å². The number of likely N-dealkylation sites (tertiary alicyclic amines) is 1. The first kappa shape index (κ1) is 20.7. The first-order chi connectivity index (χ1) is 13.5. The maximum Gasteiger partial charge on any atom is 0.311 e. The summed E-state index contributed by atoms with van der Waals surface area (Å²) in [4.78, 5) is 41.4. The van der Waals surface area contributed by atoms with Crippen LogP contribution in [0.2, 0.25) is 0 Å². The number of carbonyl (C=O) groups excluding carboxylic acids is 3. The highest BCUT2D eigenvalue weighted by atomic mass is 32.2. The summed E-state index contributed by atoms with van der Waals surface area (Å²) in [6, 6.07) is 8.29. The van der Waals surface area contributed by atoms with Gasteiger partial charge in [0.2, 0.25) is 5.91 Å². The fourth-order valence-corrected chi connectivity index (χ4v) is 4.32. The van der Waals surface area contributed by atoms with Crippen molar-refractivity contribution in [2.45, 2.75) is 49.6 Å². The molecule has 0 bridgehead atoms. The van der Waals surface area contributed by atoms with Crippen molar-refractivity contribution in [1.29, 1.82) is 0 Å². The highest BCUT2D eigenvalue weighted by Gasteiger charge is 2.39. The molecule has 1 aliphatic heterocycles. The number of carbonyl (C=O) groups is 3. The Hall–Kier alpha value is -2.02. The van der Waals surface area contributed by atoms with E-state index in [1.165, 1.54) is 4.90 Å². The lowest BCUT2D eigenvalue weighted by atomic mass is 10.1. The molecule has 2 fully saturated rings. The Balaban J connectivity index is 1.44. The fourth-order valence-electron chi connectivity index (χ4n) is 3.91. The van der Waals surface area contributed by atoms with E-state index in [-0.39, 0.29) is 30.9 Å². The number of likely N-dealkylation sites (N-methyl/N-ethyl adjacent to an activating group) is 1. The van der Waals surface area contributed by atoms with Gasteiger partial charge in [-0.2, -0.15) is 0 Å². The predicted octanol–water partition coefficient (Wildman–Crippen LogP) is 2.70. The van der Waals surface area contributed by atoms with Gasteiger partial charge in [-0.1, -0.05) is 25.0 Å². The summed E-state index contributed by atoms with van der Waals surface area (Å²) in [5.41, 5.74) is 1.02. The zero-order valence-electron chi connectivity index (χ0n) is 16.6. The molecule has 1 saturated carbocycles. The van der Waals surface area contributed by atoms with Crippen LogP contribution in [0.4, 0.5) is 0 Å². The molecule has 6 nitrogen and oxygen atoms in total. The van der Waals surface area contributed by atoms with Gasteiger partial charge in [0.15, 0.2) is 6.61 Å². The quantitative estimate of drug-likeness (QED) is 0.516. The summed E-state index contributed by atoms with van der Waals surface area (Å²) in [5, 5.41) is 0. The summed E-state index contributed by atoms with van der Waals surface area (Å²) in [6.45, 7) is 0.600. The normalized spacial score (nSPS) is 19.9. The third-order valence-corrected chi connectivity index (χ3v) is 6.34. The minimum absolute atomic E-state index is 0.0333. The highest BCUT2D eigenvalue weighted by Crippen LogP contribution is 2.29. The number of nitrogens with zero attached hydrogens (tertiary/aromatic N) is 2. The molecule has 2 amide bonds. The van der Waals surface area contributed by atoms with Crippen molar-refractivity contribution in [2.75, 3.05) is 26.5 Å². The number of benzene rings is 1. The number of amides is 2. The van der Waals surface area contributed by atoms with E-state index in [0.717, 1.165) is 31.2 Å². The Kier molecular flexibility index (Phi) is 6.99. The van der Waals surface area contributed by atoms with Crippen LogP contribution in [-0.4, -0.2) is 60.1 Å². The van der Waals surface area contributed by atoms with E-state index in [1.54, 1.807) is 23.7 Å². The lowest BCUT2D eigenvalue weighted by Gasteiger charge is -2.23. The van der Waals surface area contributed by atoms with Gasteiger partial charge in [-0.15, -0.1) is 11.8 Å². The Morgan fingerprint density at radius 3 is 2.54 bits per heavy atom. The monoisotopic (exact) mass is 404 g/mol. The number of esters is 1. The van der Waals surface area contributed by atoms with Crippen LogP contribution in [-0.2, 0) is 25.7 Å². The SMILES string of the molecule is CSc1ccc(CN(C)C(=O)COC(=O)[C@@H]2CC(=O)N(C3CCCC3)C2)cc1. The lowest BCUT2D eigenvalue weighted by Crippen LogP contribution is -2.35. The summed E-state index contributed by atoms with van der Waals surface area (Å²) in [6.07, 6.45) is 6.54. The first-order valence-corrected chi connectivity index (χ1v) is 11.0. The third-order valence-electron chi connectivity index (χ3n) is 5.60. The van der Waals surface area contributed by atoms with Gasteiger partial charge in [0, 0.05) is 37.5 Å². The second-order valence-corrected chi connectivity index (χ2v) is 8.47. The number of hydrogen-bond acceptors (Lipinski definition) is 5. The highest BCUT2D eigenvalue weighted by molar-refractivity contribution is 7.98. The summed E-state index contributed by atoms with van der Waals surface area (Å²) >= 11 is 1.67. The van der Waals surface area contributed by atoms with E-state index in [9.17, 15) is 14.4 Å². The Morgan fingerprint density at radius 1 is 1.21 bits per heavy atom. The van der Waals surface area contributed by atoms with Crippen molar-refractivity contribution in [3.63, 3.8) is 0 Å². The maximum atomic E-state index is 12.3. The first-order valence-electron chi connectivity index (χ1n) is 9.81. The van der Waals surface area contributed by atoms with Crippen LogP contribution in [0.25, 0.3) is 0 Å². The van der Waals surface area contributed by atoms with Crippen molar-refractivity contribution in [3.05, 3.63) is 29.8 Å². The lowest BCUT2D eigenvalue weighted by molar-refractivity contribution is -0.155. The van der Waals surface area contributed by atoms with Crippen LogP contribution in [0.15, 0.2) is 29.2 Å². The molecular weight excluding hydrogens is 376 g/mol. The molecule has 1 heterocycles. The summed E-state index contributed by atoms with van der Waals surface area (Å²) in [5.74, 6) is -1.12. The maximum absolute atomic E-state index is 12.3. The van der Waals surface area contributed by atoms with E-state index < -0.39 is 11.9 Å². The van der Waals surface area contributed by atoms with E-state index in [4.69, 9.17) is 4.74 Å². The molecule has 1 aromatic rings. The molecule has 3 rings (SSSR count). The van der Waals surface area contributed by atoms with E-state index in [2.05, 4.69) is 0 Å². The van der Waals surface area contributed by atoms with Gasteiger partial charge in [0.1, 0.15) is 0 Å². The molecule has 7 heteroatoms. The fraction of sp³-hybridized carbons (Fsp3) is 0.571. The third kappa shape index (κ3) is 5.07. The molecule has 152 valence electrons. The van der Waals surface area contributed by atoms with Crippen LogP contribution in [0.5, 0.6) is 0 Å². The van der Waals surface area contributed by atoms with Gasteiger partial charge in [-0.3, -0.25) is 14.4 Å². The average molecular weight is 405 g/mol. The standard InChI is InChI=1S/C21H28N2O4S/c1-22(12-15-7-9-18(28-2)10-8-15)20(25)14-27-21(26)16-11-19(24)23(13-16)17-5-3-4-6-17/h7-10,16-17H,3-6,11-14H2,1-2H3/t16-/m1/s1. The number of thioether (sulfide) groups is 1. The van der Waals surface area contributed by atoms with Gasteiger partial charge in [-0.05, 0) is 36.8 Å². The van der Waals surface area contributed by atoms with Crippen LogP contribution < -0.4 is 0 Å². The largest absolute Gasteiger partial charge is 0.455 e. The smallest absolute Gasteiger partial charge is 0.311 e. The zero-order valence-corrected chi connectivity index (χ0v) is 17.4. The van der Waals surface area contributed by atoms with E-state index in [1.807, 2.05) is 35.4 Å². The molecule has 1 saturated heterocycles. The van der Waals surface area contributed by atoms with Crippen LogP contribution in [0.3, 0.4) is 0 Å². The van der Waals surface area contributed by atoms with E-state index >= 15 is 0 Å². The molecule has 0 unspecified atom stereocenters. The minimum atomic E-state index is -0.453. The molecule has 0 aromatic heterocycles. The molecule has 1 aliphatic carbocycles. The number of hydrogen-bond donors (Lipinski definition) is 0. The van der Waals surface area contributed by atoms with E-state index in [0.29, 0.717) is 13.1 Å². The van der Waals surface area contributed by atoms with Crippen LogP contribution in [0.1, 0.15) is 37.7 Å². The van der Waals surface area contributed by atoms with Crippen molar-refractivity contribution in [2.24, 2.45) is 5.92 Å². The number of rotatable bonds is 7. The molecule has 0 N–H and O–H groups in total. The predicted molar refractivity (Wildman–Crippen MR) is 108 cm³/mol. The van der Waals surface area contributed by atoms with Crippen molar-refractivity contribution < 1.29 is 19.1 Å². The Bertz CT molecular complexity index is 716. The second kappa shape index (κ2) is 9.45. The van der Waals surface area contributed by atoms with Crippen molar-refractivity contribution in [1.82, 2.24) is 9.80 Å². The molecule has 1 aromatic carbocycles. The molecular formula is C21H28N2O4S. The Morgan fingerprint density at radius 2 is 1.89 bits per heavy atom. The second-order valence-electron chi connectivity index (χ2n) is 7.59. The molecule has 28 heavy (non-hydrogen) atoms. The molecule has 1 atom stereocenters. The van der Waals surface area contributed by atoms with Gasteiger partial charge >= 0.3 is 5.97 Å². The topological polar surface area (TPSA) is 66.9 Å². The van der Waals surface area contributed by atoms with Crippen molar-refractivity contribution in [3.8, 4) is 0 Å². The molecule has 0 spiro atoms. The van der Waals surface area contributed by atoms with Crippen LogP contribution in [0, 0.1) is 5.92 Å². The molecule has 2 aliphatic rings. The van der Waals surface area contributed by atoms with Crippen molar-refractivity contribution >= 4 is 29.5 Å².